The van der Waals surface area contributed by atoms with E-state index in [0.717, 1.165) is 0 Å². The Morgan fingerprint density at radius 2 is 0.480 bits per heavy atom. The van der Waals surface area contributed by atoms with Crippen LogP contribution in [-0.4, -0.2) is 18.8 Å². The summed E-state index contributed by atoms with van der Waals surface area (Å²) >= 11 is 42.7. The molecule has 0 aromatic heterocycles. The average molecular weight is 2020 g/mol. The Morgan fingerprint density at radius 3 is 0.640 bits per heavy atom. The number of hydrogen-bond donors (Lipinski definition) is 0. The largest absolute Gasteiger partial charge is 0.111 e. The van der Waals surface area contributed by atoms with Crippen LogP contribution >= 0.6 is 339 Å². The van der Waals surface area contributed by atoms with Gasteiger partial charge in [-0.25, -0.2) is 0 Å². The minimum absolute atomic E-state index is 0.0983. The van der Waals surface area contributed by atoms with E-state index < -0.39 is 0 Å². The molecule has 0 radical (unpaired) electrons. The Morgan fingerprint density at radius 1 is 0.320 bits per heavy atom. The number of halogens is 15. The maximum Gasteiger partial charge on any atom is 0.111 e. The Labute approximate surface area is 352 Å². The van der Waals surface area contributed by atoms with E-state index in [4.69, 9.17) is 0 Å². The molecule has 0 unspecified atom stereocenters. The summed E-state index contributed by atoms with van der Waals surface area (Å²) in [4.78, 5) is 0. The second-order valence-corrected chi connectivity index (χ2v) is 43.2. The molecule has 4 rings (SSSR count). The zero-order valence-electron chi connectivity index (χ0n) is 10.7. The van der Waals surface area contributed by atoms with E-state index in [2.05, 4.69) is 339 Å². The standard InChI is InChI=1S/C10HI15/c11-2(12)1-3(13,14)6(18)8(20,21)5(2,17)9(22,23)7(19,4(1,15)16)10(6,24)25/h1H. The van der Waals surface area contributed by atoms with E-state index in [1.807, 2.05) is 0 Å². The topological polar surface area (TPSA) is 0 Å². The van der Waals surface area contributed by atoms with Crippen LogP contribution in [0.5, 0.6) is 0 Å². The third kappa shape index (κ3) is 3.14. The number of alkyl halides is 15. The molecule has 146 valence electrons. The van der Waals surface area contributed by atoms with Gasteiger partial charge in [0.1, 0.15) is 4.29 Å². The molecule has 4 saturated carbocycles. The van der Waals surface area contributed by atoms with Gasteiger partial charge >= 0.3 is 0 Å². The minimum atomic E-state index is 0.0983. The summed E-state index contributed by atoms with van der Waals surface area (Å²) in [5.74, 6) is 0.578. The van der Waals surface area contributed by atoms with Crippen molar-refractivity contribution in [3.05, 3.63) is 0 Å². The zero-order valence-corrected chi connectivity index (χ0v) is 43.1. The highest BCUT2D eigenvalue weighted by Gasteiger charge is 3.02. The Hall–Kier alpha value is 11.0. The predicted molar refractivity (Wildman–Crippen MR) is 238 cm³/mol. The van der Waals surface area contributed by atoms with Gasteiger partial charge in [-0.05, 0) is 0 Å². The molecular formula is C10HI15. The lowest BCUT2D eigenvalue weighted by molar-refractivity contribution is 0.144. The van der Waals surface area contributed by atoms with E-state index >= 15 is 0 Å². The third-order valence-electron chi connectivity index (χ3n) is 5.06. The lowest BCUT2D eigenvalue weighted by Gasteiger charge is -2.86. The van der Waals surface area contributed by atoms with Crippen LogP contribution < -0.4 is 0 Å². The summed E-state index contributed by atoms with van der Waals surface area (Å²) < 4.78 is 1.11. The molecule has 4 fully saturated rings. The lowest BCUT2D eigenvalue weighted by Crippen LogP contribution is -3.00. The second-order valence-electron chi connectivity index (χ2n) is 6.00. The molecule has 0 amide bonds. The van der Waals surface area contributed by atoms with Gasteiger partial charge < -0.3 is 0 Å². The number of rotatable bonds is 0. The fourth-order valence-electron chi connectivity index (χ4n) is 3.84. The fraction of sp³-hybridized carbons (Fsp3) is 1.00. The van der Waals surface area contributed by atoms with Gasteiger partial charge in [-0.15, -0.1) is 0 Å². The van der Waals surface area contributed by atoms with Crippen molar-refractivity contribution < 1.29 is 0 Å². The van der Waals surface area contributed by atoms with Gasteiger partial charge in [0, 0.05) is 5.92 Å². The summed E-state index contributed by atoms with van der Waals surface area (Å²) in [5.41, 5.74) is 0. The molecule has 0 saturated heterocycles. The van der Waals surface area contributed by atoms with Crippen LogP contribution in [0.25, 0.3) is 0 Å². The Bertz CT molecular complexity index is 551. The van der Waals surface area contributed by atoms with Crippen LogP contribution in [0.2, 0.25) is 0 Å². The lowest BCUT2D eigenvalue weighted by atomic mass is 9.55. The minimum Gasteiger partial charge on any atom is -0.0718 e. The average Bonchev–Trinajstić information content (AvgIpc) is 2.38. The van der Waals surface area contributed by atoms with Crippen molar-refractivity contribution in [2.24, 2.45) is 5.92 Å². The van der Waals surface area contributed by atoms with E-state index in [1.165, 1.54) is 0 Å². The normalized spacial score (nSPS) is 52.2. The van der Waals surface area contributed by atoms with E-state index in [-0.39, 0.29) is 18.8 Å². The monoisotopic (exact) mass is 2020 g/mol. The van der Waals surface area contributed by atoms with Crippen LogP contribution in [0.4, 0.5) is 0 Å². The van der Waals surface area contributed by atoms with Crippen molar-refractivity contribution >= 4 is 339 Å². The summed E-state index contributed by atoms with van der Waals surface area (Å²) in [6, 6.07) is 0. The molecule has 0 heterocycles. The van der Waals surface area contributed by atoms with Crippen molar-refractivity contribution in [1.29, 1.82) is 0 Å². The maximum atomic E-state index is 2.89. The molecule has 4 aliphatic carbocycles. The molecule has 0 spiro atoms. The maximum absolute atomic E-state index is 2.89. The molecule has 4 bridgehead atoms. The van der Waals surface area contributed by atoms with Gasteiger partial charge in [-0.2, -0.15) is 0 Å². The molecule has 25 heavy (non-hydrogen) atoms. The van der Waals surface area contributed by atoms with Crippen molar-refractivity contribution in [1.82, 2.24) is 0 Å². The molecular weight excluding hydrogens is 2020 g/mol. The molecule has 0 aromatic carbocycles. The van der Waals surface area contributed by atoms with Crippen molar-refractivity contribution in [2.45, 2.75) is 18.8 Å². The molecule has 4 aliphatic rings. The van der Waals surface area contributed by atoms with Crippen LogP contribution in [0.3, 0.4) is 0 Å². The van der Waals surface area contributed by atoms with E-state index in [9.17, 15) is 0 Å². The second kappa shape index (κ2) is 8.72. The van der Waals surface area contributed by atoms with Crippen molar-refractivity contribution in [3.63, 3.8) is 0 Å². The highest BCUT2D eigenvalue weighted by atomic mass is 127. The Balaban J connectivity index is 2.64. The van der Waals surface area contributed by atoms with Gasteiger partial charge in [0.25, 0.3) is 0 Å². The zero-order chi connectivity index (χ0) is 20.1. The van der Waals surface area contributed by atoms with E-state index in [1.54, 1.807) is 0 Å². The van der Waals surface area contributed by atoms with Crippen LogP contribution in [-0.2, 0) is 0 Å². The highest BCUT2D eigenvalue weighted by molar-refractivity contribution is 14.2. The number of hydrogen-bond acceptors (Lipinski definition) is 0. The molecule has 0 nitrogen and oxygen atoms in total. The third-order valence-corrected chi connectivity index (χ3v) is 49.3. The molecule has 0 aliphatic heterocycles. The van der Waals surface area contributed by atoms with Crippen LogP contribution in [0.15, 0.2) is 0 Å². The van der Waals surface area contributed by atoms with Gasteiger partial charge in [-0.1, -0.05) is 339 Å². The predicted octanol–water partition coefficient (Wildman–Crippen LogP) is 11.6. The van der Waals surface area contributed by atoms with Gasteiger partial charge in [0.2, 0.25) is 0 Å². The molecule has 0 atom stereocenters. The summed E-state index contributed by atoms with van der Waals surface area (Å²) in [5, 5.41) is 0. The first kappa shape index (κ1) is 30.5. The first-order chi connectivity index (χ1) is 10.6. The smallest absolute Gasteiger partial charge is 0.0718 e. The summed E-state index contributed by atoms with van der Waals surface area (Å²) in [6.07, 6.45) is 0. The molecule has 0 aromatic rings. The van der Waals surface area contributed by atoms with Crippen LogP contribution in [0.1, 0.15) is 0 Å². The quantitative estimate of drug-likeness (QED) is 0.168. The van der Waals surface area contributed by atoms with E-state index in [0.29, 0.717) is 5.92 Å². The van der Waals surface area contributed by atoms with Crippen molar-refractivity contribution in [2.75, 3.05) is 0 Å². The van der Waals surface area contributed by atoms with Gasteiger partial charge in [-0.3, -0.25) is 0 Å². The first-order valence-electron chi connectivity index (χ1n) is 5.95. The first-order valence-corrected chi connectivity index (χ1v) is 22.1. The Kier molecular flexibility index (Phi) is 10.6. The van der Waals surface area contributed by atoms with Gasteiger partial charge in [0.15, 0.2) is 0 Å². The molecule has 0 N–H and O–H groups in total. The van der Waals surface area contributed by atoms with Gasteiger partial charge in [0.05, 0.1) is 14.6 Å². The van der Waals surface area contributed by atoms with Crippen LogP contribution in [0, 0.1) is 5.92 Å². The highest BCUT2D eigenvalue weighted by Crippen LogP contribution is 2.97. The molecule has 15 heteroatoms. The fourth-order valence-corrected chi connectivity index (χ4v) is 54.9. The SMILES string of the molecule is IC1(I)C2C(I)(I)C3(I)C(I)(I)C1(I)C(I)(I)C(I)(C2(I)I)C3(I)I. The van der Waals surface area contributed by atoms with Crippen molar-refractivity contribution in [3.8, 4) is 0 Å². The summed E-state index contributed by atoms with van der Waals surface area (Å²) in [7, 11) is 0. The summed E-state index contributed by atoms with van der Waals surface area (Å²) in [6.45, 7) is 0.